The van der Waals surface area contributed by atoms with Crippen LogP contribution in [0.4, 0.5) is 17.6 Å². The first-order chi connectivity index (χ1) is 45.0. The summed E-state index contributed by atoms with van der Waals surface area (Å²) in [5, 5.41) is 45.4. The molecule has 0 amide bonds. The predicted octanol–water partition coefficient (Wildman–Crippen LogP) is -3.95. The third-order valence-corrected chi connectivity index (χ3v) is 19.0. The van der Waals surface area contributed by atoms with Gasteiger partial charge in [0.25, 0.3) is 16.7 Å². The number of anilines is 3. The van der Waals surface area contributed by atoms with Gasteiger partial charge in [0, 0.05) is 55.9 Å². The van der Waals surface area contributed by atoms with Crippen LogP contribution in [0.2, 0.25) is 0 Å². The second-order valence-corrected chi connectivity index (χ2v) is 26.4. The monoisotopic (exact) mass is 1400 g/mol. The highest BCUT2D eigenvalue weighted by Crippen LogP contribution is 2.54. The molecule has 0 radical (unpaired) electrons. The molecule has 5 saturated heterocycles. The number of aliphatic hydroxyl groups excluding tert-OH is 3. The van der Waals surface area contributed by atoms with Crippen molar-refractivity contribution in [3.8, 4) is 0 Å². The lowest BCUT2D eigenvalue weighted by Crippen LogP contribution is -2.53. The molecule has 47 heteroatoms. The number of nitrogens with zero attached hydrogens (tertiary/aromatic N) is 12. The van der Waals surface area contributed by atoms with Crippen molar-refractivity contribution >= 4 is 63.4 Å². The minimum atomic E-state index is -5.56. The van der Waals surface area contributed by atoms with Crippen LogP contribution < -0.4 is 45.3 Å². The normalized spacial score (nSPS) is 31.3. The van der Waals surface area contributed by atoms with E-state index in [0.717, 1.165) is 44.9 Å². The van der Waals surface area contributed by atoms with Gasteiger partial charge in [-0.25, -0.2) is 43.2 Å². The van der Waals surface area contributed by atoms with Crippen molar-refractivity contribution in [3.63, 3.8) is 0 Å². The number of nitrogen functional groups attached to an aromatic ring is 3. The quantitative estimate of drug-likeness (QED) is 0.0203. The van der Waals surface area contributed by atoms with Crippen molar-refractivity contribution in [2.75, 3.05) is 50.2 Å². The first-order valence-corrected chi connectivity index (χ1v) is 33.0. The van der Waals surface area contributed by atoms with Gasteiger partial charge in [0.1, 0.15) is 97.7 Å². The molecule has 0 aliphatic carbocycles. The van der Waals surface area contributed by atoms with E-state index in [1.807, 2.05) is 0 Å². The molecule has 5 aliphatic rings. The lowest BCUT2D eigenvalue weighted by molar-refractivity contribution is -0.276. The number of imidazole rings is 2. The van der Waals surface area contributed by atoms with Gasteiger partial charge in [-0.2, -0.15) is 15.0 Å². The lowest BCUT2D eigenvalue weighted by Gasteiger charge is -2.33. The Hall–Kier alpha value is -7.33. The molecule has 12 heterocycles. The maximum atomic E-state index is 14.3. The van der Waals surface area contributed by atoms with Crippen LogP contribution >= 0.6 is 23.5 Å². The topological polar surface area (TPSA) is 613 Å². The number of aromatic amines is 2. The van der Waals surface area contributed by atoms with E-state index in [4.69, 9.17) is 72.8 Å². The van der Waals surface area contributed by atoms with E-state index in [1.54, 1.807) is 0 Å². The summed E-state index contributed by atoms with van der Waals surface area (Å²) in [6, 6.07) is 2.27. The van der Waals surface area contributed by atoms with Crippen molar-refractivity contribution in [2.24, 2.45) is 0 Å². The highest BCUT2D eigenvalue weighted by atomic mass is 31.2. The summed E-state index contributed by atoms with van der Waals surface area (Å²) in [5.41, 5.74) is 13.6. The Morgan fingerprint density at radius 1 is 0.632 bits per heavy atom. The van der Waals surface area contributed by atoms with Crippen LogP contribution in [0, 0.1) is 6.92 Å². The maximum absolute atomic E-state index is 14.3. The van der Waals surface area contributed by atoms with Crippen LogP contribution in [-0.2, 0) is 69.3 Å². The van der Waals surface area contributed by atoms with Gasteiger partial charge < -0.3 is 85.3 Å². The van der Waals surface area contributed by atoms with Gasteiger partial charge in [-0.1, -0.05) is 0 Å². The number of hydrogen-bond acceptors (Lipinski definition) is 34. The van der Waals surface area contributed by atoms with Crippen LogP contribution in [0.3, 0.4) is 0 Å². The van der Waals surface area contributed by atoms with Crippen LogP contribution in [0.1, 0.15) is 62.4 Å². The van der Waals surface area contributed by atoms with Crippen LogP contribution in [0.25, 0.3) is 22.3 Å². The summed E-state index contributed by atoms with van der Waals surface area (Å²) in [4.78, 5) is 128. The van der Waals surface area contributed by atoms with Gasteiger partial charge in [0.2, 0.25) is 11.7 Å². The molecule has 5 fully saturated rings. The summed E-state index contributed by atoms with van der Waals surface area (Å²) in [5.74, 6) is -3.53. The molecule has 0 spiro atoms. The highest BCUT2D eigenvalue weighted by molar-refractivity contribution is 7.48. The molecule has 0 saturated carbocycles. The average molecular weight is 1400 g/mol. The number of nitrogens with two attached hydrogens (primary N) is 3. The third-order valence-electron chi connectivity index (χ3n) is 15.9. The van der Waals surface area contributed by atoms with Gasteiger partial charge in [0.05, 0.1) is 51.8 Å². The summed E-state index contributed by atoms with van der Waals surface area (Å²) in [7, 11) is -16.1. The first-order valence-electron chi connectivity index (χ1n) is 28.5. The number of rotatable bonds is 24. The summed E-state index contributed by atoms with van der Waals surface area (Å²) < 4.78 is 116. The fraction of sp³-hybridized carbons (Fsp3) is 0.542. The standard InChI is InChI=1S/C48H60N17O27P3/c1-20-10-63(47(73)60-42(20)70)33-7-22(25(11-66)85-33)90-94(77,78)83-14-28-24(9-34(88-28)64-18-55-36-39(50)52-16-53-40(36)64)92-95(79,80)84-15-29-48(74,38(69)44(89-29)61-4-3-31(68)54-17-61)81-12-27-23(8-35(87-27)65-19-56-37-41(65)58-45(51)59-43(37)71)91-93(75,76)82-13-26-21(67)6-32(86-26)62-5-2-30(49)57-46(62)72/h2-5,10,16-19,21-29,32-35,38,44,66-67,69,74H,6-9,11-15H2,1H3,(H,75,76)(H,77,78)(H,79,80)(H2,49,57,72)(H2,50,52,53)(H,60,70,73)(H3,51,58,59,71)/t21-,22-,23-,24-,25+,26+,27+,28+,29+,32+,33+,34+,35+,38-,44+,48-/m0/s1. The second kappa shape index (κ2) is 26.6. The molecular formula is C48H60N17O27P3. The number of H-pyrrole nitrogens is 2. The third kappa shape index (κ3) is 14.3. The molecule has 7 aromatic heterocycles. The van der Waals surface area contributed by atoms with Crippen LogP contribution in [0.5, 0.6) is 0 Å². The Bertz CT molecular complexity index is 4460. The number of hydrogen-bond donors (Lipinski definition) is 12. The average Bonchev–Trinajstić information content (AvgIpc) is 1.63. The van der Waals surface area contributed by atoms with E-state index in [2.05, 4.69) is 44.9 Å². The number of ether oxygens (including phenoxy) is 6. The molecular weight excluding hydrogens is 1340 g/mol. The fourth-order valence-electron chi connectivity index (χ4n) is 11.3. The summed E-state index contributed by atoms with van der Waals surface area (Å²) in [6.45, 7) is -3.26. The Kier molecular flexibility index (Phi) is 18.9. The van der Waals surface area contributed by atoms with E-state index < -0.39 is 195 Å². The van der Waals surface area contributed by atoms with Gasteiger partial charge in [0.15, 0.2) is 35.0 Å². The predicted molar refractivity (Wildman–Crippen MR) is 310 cm³/mol. The number of phosphoric ester groups is 3. The number of phosphoric acid groups is 3. The molecule has 5 aliphatic heterocycles. The molecule has 12 rings (SSSR count). The van der Waals surface area contributed by atoms with Gasteiger partial charge in [-0.05, 0) is 13.0 Å². The van der Waals surface area contributed by atoms with Crippen molar-refractivity contribution in [3.05, 3.63) is 114 Å². The minimum absolute atomic E-state index is 0.0357. The molecule has 19 atom stereocenters. The fourth-order valence-corrected chi connectivity index (χ4v) is 14.1. The maximum Gasteiger partial charge on any atom is 0.472 e. The largest absolute Gasteiger partial charge is 0.472 e. The smallest absolute Gasteiger partial charge is 0.394 e. The molecule has 0 aromatic carbocycles. The van der Waals surface area contributed by atoms with Gasteiger partial charge >= 0.3 is 34.8 Å². The first kappa shape index (κ1) is 67.6. The van der Waals surface area contributed by atoms with E-state index >= 15 is 0 Å². The van der Waals surface area contributed by atoms with Crippen molar-refractivity contribution in [2.45, 2.75) is 131 Å². The summed E-state index contributed by atoms with van der Waals surface area (Å²) >= 11 is 0. The SMILES string of the molecule is Cc1cn([C@H]2C[C@H](OP(=O)(O)OC[C@H]3O[C@@H](n4cnc5c(N)ncnc54)C[C@@H]3OP(=O)(O)OC[C@H]3O[C@@H](n4ccc(=O)nc4)[C@H](O)[C@@]3(O)OC[C@H]3O[C@@H](n4cnc5c(=O)[nH]c(N)nc54)C[C@@H]3OP(=O)(O)OC[C@H]3O[C@@H](n4ccc(N)nc4=O)C[C@@H]3O)[C@@H](CO)O2)c(=O)[nH]c1=O. The Balaban J connectivity index is 0.768. The van der Waals surface area contributed by atoms with Crippen molar-refractivity contribution < 1.29 is 104 Å². The van der Waals surface area contributed by atoms with Crippen molar-refractivity contribution in [1.82, 2.24) is 67.7 Å². The molecule has 44 nitrogen and oxygen atoms in total. The molecule has 95 heavy (non-hydrogen) atoms. The van der Waals surface area contributed by atoms with Gasteiger partial charge in [-0.3, -0.25) is 69.8 Å². The summed E-state index contributed by atoms with van der Waals surface area (Å²) in [6.07, 6.45) is -16.0. The molecule has 3 unspecified atom stereocenters. The Morgan fingerprint density at radius 3 is 1.85 bits per heavy atom. The zero-order chi connectivity index (χ0) is 67.6. The number of aromatic nitrogens is 14. The number of fused-ring (bicyclic) bond motifs is 2. The zero-order valence-corrected chi connectivity index (χ0v) is 51.6. The molecule has 7 aromatic rings. The van der Waals surface area contributed by atoms with Gasteiger partial charge in [-0.15, -0.1) is 0 Å². The van der Waals surface area contributed by atoms with E-state index in [-0.39, 0.29) is 58.3 Å². The Labute approximate surface area is 528 Å². The minimum Gasteiger partial charge on any atom is -0.394 e. The second-order valence-electron chi connectivity index (χ2n) is 22.2. The zero-order valence-electron chi connectivity index (χ0n) is 49.0. The van der Waals surface area contributed by atoms with E-state index in [9.17, 15) is 72.8 Å². The van der Waals surface area contributed by atoms with E-state index in [0.29, 0.717) is 0 Å². The lowest BCUT2D eigenvalue weighted by atomic mass is 10.1. The Morgan fingerprint density at radius 2 is 1.21 bits per heavy atom. The van der Waals surface area contributed by atoms with Crippen LogP contribution in [-0.4, -0.2) is 203 Å². The number of nitrogens with one attached hydrogen (secondary N) is 2. The number of aliphatic hydroxyl groups is 4. The molecule has 0 bridgehead atoms. The number of aryl methyl sites for hydroxylation is 1. The molecule has 15 N–H and O–H groups in total. The van der Waals surface area contributed by atoms with E-state index in [1.165, 1.54) is 40.8 Å². The highest BCUT2D eigenvalue weighted by Gasteiger charge is 2.59. The molecule has 514 valence electrons. The van der Waals surface area contributed by atoms with Crippen LogP contribution in [0.15, 0.2) is 80.0 Å². The van der Waals surface area contributed by atoms with Crippen molar-refractivity contribution in [1.29, 1.82) is 0 Å².